The Morgan fingerprint density at radius 1 is 1.02 bits per heavy atom. The van der Waals surface area contributed by atoms with E-state index in [2.05, 4.69) is 5.32 Å². The Bertz CT molecular complexity index is 2110. The Kier molecular flexibility index (Phi) is 9.68. The number of aryl methyl sites for hydroxylation is 2. The Labute approximate surface area is 292 Å². The average molecular weight is 734 g/mol. The van der Waals surface area contributed by atoms with Crippen LogP contribution in [-0.4, -0.2) is 52.3 Å². The minimum absolute atomic E-state index is 0.00732. The normalized spacial score (nSPS) is 18.0. The first-order valence-electron chi connectivity index (χ1n) is 15.8. The minimum atomic E-state index is -5.00. The third-order valence-electron chi connectivity index (χ3n) is 9.03. The van der Waals surface area contributed by atoms with E-state index in [-0.39, 0.29) is 54.7 Å². The molecule has 1 fully saturated rings. The molecule has 0 spiro atoms. The highest BCUT2D eigenvalue weighted by Crippen LogP contribution is 2.42. The molecule has 0 aliphatic carbocycles. The third kappa shape index (κ3) is 7.20. The van der Waals surface area contributed by atoms with Crippen LogP contribution in [0, 0.1) is 25.5 Å². The van der Waals surface area contributed by atoms with Gasteiger partial charge >= 0.3 is 12.1 Å². The van der Waals surface area contributed by atoms with Gasteiger partial charge in [0.1, 0.15) is 35.3 Å². The van der Waals surface area contributed by atoms with Crippen molar-refractivity contribution in [2.45, 2.75) is 51.1 Å². The van der Waals surface area contributed by atoms with Crippen LogP contribution in [0.1, 0.15) is 51.9 Å². The Hall–Kier alpha value is -4.82. The zero-order valence-corrected chi connectivity index (χ0v) is 27.8. The number of halogens is 7. The van der Waals surface area contributed by atoms with Crippen LogP contribution in [-0.2, 0) is 22.2 Å². The van der Waals surface area contributed by atoms with Crippen LogP contribution in [0.25, 0.3) is 11.1 Å². The van der Waals surface area contributed by atoms with E-state index in [0.717, 1.165) is 18.3 Å². The highest BCUT2D eigenvalue weighted by Gasteiger charge is 2.38. The Morgan fingerprint density at radius 2 is 1.75 bits per heavy atom. The van der Waals surface area contributed by atoms with Crippen molar-refractivity contribution in [1.82, 2.24) is 14.8 Å². The van der Waals surface area contributed by atoms with E-state index in [1.807, 2.05) is 0 Å². The summed E-state index contributed by atoms with van der Waals surface area (Å²) in [6, 6.07) is 6.60. The molecular formula is C36H30ClF6N3O5. The first-order chi connectivity index (χ1) is 24.0. The molecule has 51 heavy (non-hydrogen) atoms. The van der Waals surface area contributed by atoms with E-state index in [1.54, 1.807) is 30.0 Å². The molecule has 15 heteroatoms. The third-order valence-corrected chi connectivity index (χ3v) is 9.31. The van der Waals surface area contributed by atoms with Crippen molar-refractivity contribution in [3.63, 3.8) is 0 Å². The molecule has 1 saturated heterocycles. The van der Waals surface area contributed by atoms with Gasteiger partial charge in [0, 0.05) is 54.7 Å². The monoisotopic (exact) mass is 733 g/mol. The summed E-state index contributed by atoms with van der Waals surface area (Å²) in [6.45, 7) is 3.19. The number of carboxylic acid groups (broad SMARTS) is 1. The summed E-state index contributed by atoms with van der Waals surface area (Å²) in [6.07, 6.45) is -6.54. The van der Waals surface area contributed by atoms with Gasteiger partial charge in [-0.25, -0.2) is 13.2 Å². The maximum absolute atomic E-state index is 16.1. The molecule has 4 aromatic rings. The van der Waals surface area contributed by atoms with Crippen LogP contribution in [0.3, 0.4) is 0 Å². The van der Waals surface area contributed by atoms with E-state index in [1.165, 1.54) is 19.1 Å². The summed E-state index contributed by atoms with van der Waals surface area (Å²) in [7, 11) is 0. The van der Waals surface area contributed by atoms with Crippen LogP contribution in [0.2, 0.25) is 5.02 Å². The second-order valence-corrected chi connectivity index (χ2v) is 13.1. The van der Waals surface area contributed by atoms with Crippen LogP contribution >= 0.6 is 11.6 Å². The maximum Gasteiger partial charge on any atom is 0.416 e. The van der Waals surface area contributed by atoms with Crippen molar-refractivity contribution in [2.24, 2.45) is 0 Å². The quantitative estimate of drug-likeness (QED) is 0.202. The van der Waals surface area contributed by atoms with Crippen molar-refractivity contribution in [1.29, 1.82) is 0 Å². The summed E-state index contributed by atoms with van der Waals surface area (Å²) < 4.78 is 94.8. The summed E-state index contributed by atoms with van der Waals surface area (Å²) in [4.78, 5) is 41.5. The number of hydrogen-bond donors (Lipinski definition) is 2. The fourth-order valence-electron chi connectivity index (χ4n) is 6.57. The lowest BCUT2D eigenvalue weighted by molar-refractivity contribution is -0.139. The van der Waals surface area contributed by atoms with Gasteiger partial charge < -0.3 is 15.2 Å². The molecule has 3 aromatic carbocycles. The SMILES string of the molecule is Cc1cc2cc(c1F)[C@@H](CC(=O)O)NC(=O)[C@@H](n1cc(CCN3CC(F)C3)c(C(F)(F)F)cc1=O)c1cc(cc(Cl)c1F)Oc1cccc(C)c1-2. The number of alkyl halides is 4. The van der Waals surface area contributed by atoms with Gasteiger partial charge in [0.25, 0.3) is 5.56 Å². The standard InChI is InChI=1S/C36H30ClF6N3O5/c1-17-4-3-5-28-31(17)20-8-18(2)32(39)23(9-20)27(13-30(48)49)44-35(50)34(24-10-22(51-28)11-26(37)33(24)40)46-14-19(6-7-45-15-21(38)16-45)25(12-29(46)47)36(41,42)43/h3-5,8-12,14,21,27,34H,6-7,13,15-16H2,1-2H3,(H,44,50)(H,48,49)/t27-,34+/m1/s1. The van der Waals surface area contributed by atoms with Gasteiger partial charge in [-0.05, 0) is 66.8 Å². The molecule has 2 aliphatic heterocycles. The molecule has 2 aliphatic rings. The molecule has 2 atom stereocenters. The molecular weight excluding hydrogens is 704 g/mol. The number of aliphatic carboxylic acids is 1. The van der Waals surface area contributed by atoms with Crippen molar-refractivity contribution in [3.05, 3.63) is 115 Å². The maximum atomic E-state index is 16.1. The first-order valence-corrected chi connectivity index (χ1v) is 16.2. The van der Waals surface area contributed by atoms with Gasteiger partial charge in [0.05, 0.1) is 23.0 Å². The number of aromatic nitrogens is 1. The zero-order chi connectivity index (χ0) is 36.9. The second-order valence-electron chi connectivity index (χ2n) is 12.7. The number of likely N-dealkylation sites (tertiary alicyclic amines) is 1. The predicted octanol–water partition coefficient (Wildman–Crippen LogP) is 7.31. The van der Waals surface area contributed by atoms with Gasteiger partial charge in [0.15, 0.2) is 0 Å². The predicted molar refractivity (Wildman–Crippen MR) is 175 cm³/mol. The fraction of sp³-hybridized carbons (Fsp3) is 0.306. The molecule has 1 amide bonds. The van der Waals surface area contributed by atoms with Gasteiger partial charge in [-0.1, -0.05) is 23.7 Å². The highest BCUT2D eigenvalue weighted by atomic mass is 35.5. The number of nitrogens with one attached hydrogen (secondary N) is 1. The lowest BCUT2D eigenvalue weighted by Gasteiger charge is -2.34. The second kappa shape index (κ2) is 13.7. The van der Waals surface area contributed by atoms with Crippen LogP contribution in [0.15, 0.2) is 59.5 Å². The topological polar surface area (TPSA) is 101 Å². The summed E-state index contributed by atoms with van der Waals surface area (Å²) >= 11 is 6.30. The lowest BCUT2D eigenvalue weighted by Crippen LogP contribution is -2.49. The number of rotatable bonds is 6. The number of carbonyl (C=O) groups is 2. The molecule has 2 N–H and O–H groups in total. The van der Waals surface area contributed by atoms with E-state index >= 15 is 8.78 Å². The van der Waals surface area contributed by atoms with Gasteiger partial charge in [-0.2, -0.15) is 13.2 Å². The number of benzene rings is 3. The molecule has 0 saturated carbocycles. The average Bonchev–Trinajstić information content (AvgIpc) is 3.02. The number of fused-ring (bicyclic) bond motifs is 6. The van der Waals surface area contributed by atoms with Gasteiger partial charge in [-0.15, -0.1) is 0 Å². The molecule has 268 valence electrons. The Morgan fingerprint density at radius 3 is 2.41 bits per heavy atom. The van der Waals surface area contributed by atoms with E-state index in [9.17, 15) is 37.1 Å². The van der Waals surface area contributed by atoms with E-state index < -0.39 is 81.6 Å². The molecule has 3 heterocycles. The first kappa shape index (κ1) is 36.0. The van der Waals surface area contributed by atoms with Crippen molar-refractivity contribution in [3.8, 4) is 22.6 Å². The molecule has 4 bridgehead atoms. The Balaban J connectivity index is 1.61. The van der Waals surface area contributed by atoms with Crippen LogP contribution < -0.4 is 15.6 Å². The molecule has 8 nitrogen and oxygen atoms in total. The number of amides is 1. The number of hydrogen-bond acceptors (Lipinski definition) is 5. The van der Waals surface area contributed by atoms with Gasteiger partial charge in [-0.3, -0.25) is 23.9 Å². The summed E-state index contributed by atoms with van der Waals surface area (Å²) in [5, 5.41) is 11.7. The fourth-order valence-corrected chi connectivity index (χ4v) is 6.78. The van der Waals surface area contributed by atoms with Crippen LogP contribution in [0.4, 0.5) is 26.3 Å². The van der Waals surface area contributed by atoms with Crippen LogP contribution in [0.5, 0.6) is 11.5 Å². The largest absolute Gasteiger partial charge is 0.481 e. The molecule has 0 radical (unpaired) electrons. The van der Waals surface area contributed by atoms with E-state index in [4.69, 9.17) is 16.3 Å². The minimum Gasteiger partial charge on any atom is -0.481 e. The number of pyridine rings is 1. The molecule has 0 unspecified atom stereocenters. The summed E-state index contributed by atoms with van der Waals surface area (Å²) in [5.74, 6) is -4.68. The van der Waals surface area contributed by atoms with Crippen molar-refractivity contribution >= 4 is 23.5 Å². The van der Waals surface area contributed by atoms with E-state index in [0.29, 0.717) is 21.3 Å². The molecule has 6 rings (SSSR count). The number of carbonyl (C=O) groups excluding carboxylic acids is 1. The summed E-state index contributed by atoms with van der Waals surface area (Å²) in [5.41, 5.74) is -2.34. The highest BCUT2D eigenvalue weighted by molar-refractivity contribution is 6.31. The van der Waals surface area contributed by atoms with Gasteiger partial charge in [0.2, 0.25) is 5.91 Å². The molecule has 1 aromatic heterocycles. The lowest BCUT2D eigenvalue weighted by atomic mass is 9.92. The number of carboxylic acids is 1. The zero-order valence-electron chi connectivity index (χ0n) is 27.1. The number of ether oxygens (including phenoxy) is 1. The van der Waals surface area contributed by atoms with Crippen molar-refractivity contribution in [2.75, 3.05) is 19.6 Å². The smallest absolute Gasteiger partial charge is 0.416 e. The number of nitrogens with zero attached hydrogens (tertiary/aromatic N) is 2. The van der Waals surface area contributed by atoms with Crippen molar-refractivity contribution < 1.29 is 45.8 Å².